The Hall–Kier alpha value is -0.450. The number of nitrogens with zero attached hydrogens (tertiary/aromatic N) is 2. The summed E-state index contributed by atoms with van der Waals surface area (Å²) in [6, 6.07) is 0. The van der Waals surface area contributed by atoms with E-state index in [1.165, 1.54) is 15.6 Å². The molecule has 78 valence electrons. The predicted molar refractivity (Wildman–Crippen MR) is 59.5 cm³/mol. The summed E-state index contributed by atoms with van der Waals surface area (Å²) in [7, 11) is 0. The summed E-state index contributed by atoms with van der Waals surface area (Å²) in [5, 5.41) is 1.20. The number of fused-ring (bicyclic) bond motifs is 1. The first kappa shape index (κ1) is 10.1. The van der Waals surface area contributed by atoms with E-state index in [1.54, 1.807) is 0 Å². The van der Waals surface area contributed by atoms with Crippen LogP contribution in [0.4, 0.5) is 0 Å². The van der Waals surface area contributed by atoms with E-state index in [0.29, 0.717) is 0 Å². The molecule has 2 heterocycles. The molecule has 0 radical (unpaired) electrons. The number of nitrogens with two attached hydrogens (primary N) is 1. The topological polar surface area (TPSA) is 42.2 Å². The van der Waals surface area contributed by atoms with E-state index in [9.17, 15) is 0 Å². The van der Waals surface area contributed by atoms with E-state index < -0.39 is 0 Å². The van der Waals surface area contributed by atoms with Crippen LogP contribution in [0.3, 0.4) is 0 Å². The van der Waals surface area contributed by atoms with Crippen molar-refractivity contribution in [1.29, 1.82) is 0 Å². The SMILES string of the molecule is Cc1nc2c(s1)CN(CCCN)CC2. The zero-order valence-corrected chi connectivity index (χ0v) is 9.44. The Labute approximate surface area is 88.9 Å². The van der Waals surface area contributed by atoms with Crippen LogP contribution in [-0.4, -0.2) is 29.5 Å². The number of thiazole rings is 1. The van der Waals surface area contributed by atoms with Crippen molar-refractivity contribution >= 4 is 11.3 Å². The summed E-state index contributed by atoms with van der Waals surface area (Å²) in [6.45, 7) is 6.25. The molecule has 2 N–H and O–H groups in total. The molecule has 0 aromatic carbocycles. The highest BCUT2D eigenvalue weighted by Crippen LogP contribution is 2.24. The van der Waals surface area contributed by atoms with Crippen LogP contribution < -0.4 is 5.73 Å². The van der Waals surface area contributed by atoms with E-state index >= 15 is 0 Å². The molecule has 0 spiro atoms. The minimum absolute atomic E-state index is 0.797. The van der Waals surface area contributed by atoms with Gasteiger partial charge in [0.25, 0.3) is 0 Å². The summed E-state index contributed by atoms with van der Waals surface area (Å²) in [4.78, 5) is 8.48. The van der Waals surface area contributed by atoms with Crippen LogP contribution >= 0.6 is 11.3 Å². The van der Waals surface area contributed by atoms with Crippen molar-refractivity contribution in [2.24, 2.45) is 5.73 Å². The first-order valence-electron chi connectivity index (χ1n) is 5.17. The predicted octanol–water partition coefficient (Wildman–Crippen LogP) is 1.16. The average Bonchev–Trinajstić information content (AvgIpc) is 2.54. The molecule has 1 aromatic heterocycles. The maximum absolute atomic E-state index is 5.51. The first-order valence-corrected chi connectivity index (χ1v) is 5.99. The van der Waals surface area contributed by atoms with Gasteiger partial charge in [-0.1, -0.05) is 0 Å². The Morgan fingerprint density at radius 1 is 1.57 bits per heavy atom. The van der Waals surface area contributed by atoms with E-state index in [1.807, 2.05) is 11.3 Å². The zero-order valence-electron chi connectivity index (χ0n) is 8.62. The Morgan fingerprint density at radius 3 is 3.21 bits per heavy atom. The van der Waals surface area contributed by atoms with E-state index in [0.717, 1.165) is 39.0 Å². The highest BCUT2D eigenvalue weighted by atomic mass is 32.1. The van der Waals surface area contributed by atoms with Crippen LogP contribution in [0.15, 0.2) is 0 Å². The van der Waals surface area contributed by atoms with Crippen molar-refractivity contribution in [1.82, 2.24) is 9.88 Å². The third kappa shape index (κ3) is 2.13. The molecule has 1 aliphatic rings. The van der Waals surface area contributed by atoms with Gasteiger partial charge in [-0.05, 0) is 26.4 Å². The molecule has 1 aromatic rings. The lowest BCUT2D eigenvalue weighted by molar-refractivity contribution is 0.254. The van der Waals surface area contributed by atoms with Gasteiger partial charge in [0.1, 0.15) is 0 Å². The van der Waals surface area contributed by atoms with Crippen LogP contribution in [-0.2, 0) is 13.0 Å². The molecule has 0 unspecified atom stereocenters. The van der Waals surface area contributed by atoms with Gasteiger partial charge in [-0.25, -0.2) is 4.98 Å². The van der Waals surface area contributed by atoms with Crippen molar-refractivity contribution in [3.8, 4) is 0 Å². The molecule has 0 bridgehead atoms. The fraction of sp³-hybridized carbons (Fsp3) is 0.700. The molecule has 3 nitrogen and oxygen atoms in total. The van der Waals surface area contributed by atoms with Gasteiger partial charge in [-0.2, -0.15) is 0 Å². The van der Waals surface area contributed by atoms with E-state index in [-0.39, 0.29) is 0 Å². The largest absolute Gasteiger partial charge is 0.330 e. The Bertz CT molecular complexity index is 308. The van der Waals surface area contributed by atoms with Crippen LogP contribution in [0, 0.1) is 6.92 Å². The summed E-state index contributed by atoms with van der Waals surface area (Å²) < 4.78 is 0. The van der Waals surface area contributed by atoms with E-state index in [4.69, 9.17) is 5.73 Å². The van der Waals surface area contributed by atoms with Crippen LogP contribution in [0.2, 0.25) is 0 Å². The molecular weight excluding hydrogens is 194 g/mol. The number of hydrogen-bond acceptors (Lipinski definition) is 4. The molecule has 0 saturated carbocycles. The molecule has 0 fully saturated rings. The highest BCUT2D eigenvalue weighted by Gasteiger charge is 2.18. The molecule has 0 aliphatic carbocycles. The lowest BCUT2D eigenvalue weighted by Gasteiger charge is -2.25. The standard InChI is InChI=1S/C10H17N3S/c1-8-12-9-3-6-13(5-2-4-11)7-10(9)14-8/h2-7,11H2,1H3. The van der Waals surface area contributed by atoms with Crippen molar-refractivity contribution in [3.63, 3.8) is 0 Å². The summed E-state index contributed by atoms with van der Waals surface area (Å²) >= 11 is 1.84. The molecule has 14 heavy (non-hydrogen) atoms. The van der Waals surface area contributed by atoms with Crippen molar-refractivity contribution in [3.05, 3.63) is 15.6 Å². The smallest absolute Gasteiger partial charge is 0.0900 e. The van der Waals surface area contributed by atoms with Gasteiger partial charge in [-0.3, -0.25) is 4.90 Å². The lowest BCUT2D eigenvalue weighted by atomic mass is 10.2. The minimum Gasteiger partial charge on any atom is -0.330 e. The second-order valence-corrected chi connectivity index (χ2v) is 5.06. The van der Waals surface area contributed by atoms with Gasteiger partial charge >= 0.3 is 0 Å². The number of hydrogen-bond donors (Lipinski definition) is 1. The van der Waals surface area contributed by atoms with Gasteiger partial charge in [0.05, 0.1) is 10.7 Å². The third-order valence-corrected chi connectivity index (χ3v) is 3.59. The second-order valence-electron chi connectivity index (χ2n) is 3.77. The Kier molecular flexibility index (Phi) is 3.15. The summed E-state index contributed by atoms with van der Waals surface area (Å²) in [5.41, 5.74) is 6.84. The Morgan fingerprint density at radius 2 is 2.43 bits per heavy atom. The average molecular weight is 211 g/mol. The molecule has 4 heteroatoms. The molecule has 2 rings (SSSR count). The van der Waals surface area contributed by atoms with Gasteiger partial charge < -0.3 is 5.73 Å². The minimum atomic E-state index is 0.797. The van der Waals surface area contributed by atoms with Gasteiger partial charge in [0, 0.05) is 24.4 Å². The van der Waals surface area contributed by atoms with Gasteiger partial charge in [0.2, 0.25) is 0 Å². The normalized spacial score (nSPS) is 17.0. The first-order chi connectivity index (χ1) is 6.79. The fourth-order valence-corrected chi connectivity index (χ4v) is 2.91. The van der Waals surface area contributed by atoms with Gasteiger partial charge in [-0.15, -0.1) is 11.3 Å². The van der Waals surface area contributed by atoms with Crippen LogP contribution in [0.5, 0.6) is 0 Å². The Balaban J connectivity index is 1.98. The number of rotatable bonds is 3. The summed E-state index contributed by atoms with van der Waals surface area (Å²) in [5.74, 6) is 0. The van der Waals surface area contributed by atoms with Crippen LogP contribution in [0.1, 0.15) is 22.0 Å². The zero-order chi connectivity index (χ0) is 9.97. The number of aromatic nitrogens is 1. The maximum Gasteiger partial charge on any atom is 0.0900 e. The third-order valence-electron chi connectivity index (χ3n) is 2.60. The summed E-state index contributed by atoms with van der Waals surface area (Å²) in [6.07, 6.45) is 2.22. The molecule has 0 atom stereocenters. The quantitative estimate of drug-likeness (QED) is 0.816. The fourth-order valence-electron chi connectivity index (χ4n) is 1.88. The van der Waals surface area contributed by atoms with E-state index in [2.05, 4.69) is 16.8 Å². The molecular formula is C10H17N3S. The monoisotopic (exact) mass is 211 g/mol. The molecule has 0 saturated heterocycles. The lowest BCUT2D eigenvalue weighted by Crippen LogP contribution is -2.31. The van der Waals surface area contributed by atoms with Crippen LogP contribution in [0.25, 0.3) is 0 Å². The van der Waals surface area contributed by atoms with Crippen molar-refractivity contribution < 1.29 is 0 Å². The molecule has 0 amide bonds. The highest BCUT2D eigenvalue weighted by molar-refractivity contribution is 7.11. The molecule has 1 aliphatic heterocycles. The van der Waals surface area contributed by atoms with Crippen molar-refractivity contribution in [2.75, 3.05) is 19.6 Å². The second kappa shape index (κ2) is 4.38. The van der Waals surface area contributed by atoms with Crippen molar-refractivity contribution in [2.45, 2.75) is 26.3 Å². The number of aryl methyl sites for hydroxylation is 1. The maximum atomic E-state index is 5.51. The van der Waals surface area contributed by atoms with Gasteiger partial charge in [0.15, 0.2) is 0 Å².